The molecule has 0 amide bonds. The second-order valence-corrected chi connectivity index (χ2v) is 3.26. The Hall–Kier alpha value is -0.310. The lowest BCUT2D eigenvalue weighted by Gasteiger charge is -2.18. The van der Waals surface area contributed by atoms with Crippen molar-refractivity contribution in [2.45, 2.75) is 12.1 Å². The first kappa shape index (κ1) is 7.79. The predicted molar refractivity (Wildman–Crippen MR) is 39.8 cm³/mol. The third-order valence-corrected chi connectivity index (χ3v) is 2.74. The van der Waals surface area contributed by atoms with Crippen molar-refractivity contribution in [2.75, 3.05) is 18.6 Å². The number of isocyanates is 1. The van der Waals surface area contributed by atoms with Crippen LogP contribution in [0.2, 0.25) is 0 Å². The molecule has 0 aromatic heterocycles. The summed E-state index contributed by atoms with van der Waals surface area (Å²) in [7, 11) is 1.58. The second kappa shape index (κ2) is 3.19. The first-order chi connectivity index (χ1) is 4.83. The maximum absolute atomic E-state index is 9.94. The van der Waals surface area contributed by atoms with Gasteiger partial charge < -0.3 is 4.74 Å². The van der Waals surface area contributed by atoms with E-state index >= 15 is 0 Å². The molecule has 0 aromatic carbocycles. The van der Waals surface area contributed by atoms with Gasteiger partial charge >= 0.3 is 0 Å². The van der Waals surface area contributed by atoms with Crippen molar-refractivity contribution >= 4 is 17.8 Å². The molecule has 1 rings (SSSR count). The van der Waals surface area contributed by atoms with Crippen LogP contribution in [0, 0.1) is 0 Å². The summed E-state index contributed by atoms with van der Waals surface area (Å²) in [4.78, 5) is 13.6. The van der Waals surface area contributed by atoms with E-state index in [1.165, 1.54) is 6.08 Å². The van der Waals surface area contributed by atoms with E-state index in [1.807, 2.05) is 0 Å². The highest BCUT2D eigenvalue weighted by atomic mass is 32.2. The second-order valence-electron chi connectivity index (χ2n) is 2.16. The van der Waals surface area contributed by atoms with Crippen LogP contribution < -0.4 is 0 Å². The molecule has 1 saturated heterocycles. The molecule has 1 heterocycles. The number of hydrogen-bond donors (Lipinski definition) is 0. The van der Waals surface area contributed by atoms with Crippen LogP contribution in [-0.2, 0) is 9.53 Å². The van der Waals surface area contributed by atoms with Gasteiger partial charge in [0.2, 0.25) is 6.08 Å². The number of thioether (sulfide) groups is 1. The van der Waals surface area contributed by atoms with Crippen molar-refractivity contribution in [3.05, 3.63) is 0 Å². The molecule has 0 spiro atoms. The molecule has 0 aliphatic carbocycles. The van der Waals surface area contributed by atoms with Gasteiger partial charge in [-0.3, -0.25) is 0 Å². The van der Waals surface area contributed by atoms with Crippen molar-refractivity contribution in [1.29, 1.82) is 0 Å². The topological polar surface area (TPSA) is 38.7 Å². The summed E-state index contributed by atoms with van der Waals surface area (Å²) >= 11 is 1.75. The molecule has 0 saturated carbocycles. The zero-order valence-electron chi connectivity index (χ0n) is 5.79. The van der Waals surface area contributed by atoms with E-state index in [4.69, 9.17) is 4.74 Å². The first-order valence-electron chi connectivity index (χ1n) is 3.05. The molecule has 56 valence electrons. The third-order valence-electron chi connectivity index (χ3n) is 1.59. The van der Waals surface area contributed by atoms with Gasteiger partial charge in [-0.05, 0) is 5.75 Å². The Kier molecular flexibility index (Phi) is 2.49. The molecule has 10 heavy (non-hydrogen) atoms. The number of hydrogen-bond acceptors (Lipinski definition) is 4. The molecule has 0 N–H and O–H groups in total. The summed E-state index contributed by atoms with van der Waals surface area (Å²) in [6.07, 6.45) is 2.36. The summed E-state index contributed by atoms with van der Waals surface area (Å²) in [6.45, 7) is 0. The SMILES string of the molecule is COC1(N=C=O)CCSC1. The Labute approximate surface area is 63.9 Å². The molecule has 1 unspecified atom stereocenters. The molecule has 0 radical (unpaired) electrons. The molecular weight excluding hydrogens is 150 g/mol. The maximum Gasteiger partial charge on any atom is 0.238 e. The number of aliphatic imine (C=N–C) groups is 1. The van der Waals surface area contributed by atoms with Crippen molar-refractivity contribution in [3.8, 4) is 0 Å². The Bertz CT molecular complexity index is 159. The largest absolute Gasteiger partial charge is 0.355 e. The maximum atomic E-state index is 9.94. The lowest BCUT2D eigenvalue weighted by molar-refractivity contribution is 0.0211. The van der Waals surface area contributed by atoms with Gasteiger partial charge in [-0.15, -0.1) is 0 Å². The van der Waals surface area contributed by atoms with Gasteiger partial charge in [0.05, 0.1) is 0 Å². The lowest BCUT2D eigenvalue weighted by Crippen LogP contribution is -2.27. The average Bonchev–Trinajstić information content (AvgIpc) is 2.39. The third kappa shape index (κ3) is 1.40. The van der Waals surface area contributed by atoms with Gasteiger partial charge in [0.1, 0.15) is 0 Å². The van der Waals surface area contributed by atoms with E-state index in [-0.39, 0.29) is 0 Å². The molecule has 1 aliphatic heterocycles. The standard InChI is InChI=1S/C6H9NO2S/c1-9-6(7-5-8)2-3-10-4-6/h2-4H2,1H3. The quantitative estimate of drug-likeness (QED) is 0.442. The number of nitrogens with zero attached hydrogens (tertiary/aromatic N) is 1. The van der Waals surface area contributed by atoms with Crippen LogP contribution in [0.4, 0.5) is 0 Å². The van der Waals surface area contributed by atoms with Gasteiger partial charge in [0, 0.05) is 19.3 Å². The molecule has 0 aromatic rings. The van der Waals surface area contributed by atoms with Crippen LogP contribution in [0.5, 0.6) is 0 Å². The van der Waals surface area contributed by atoms with E-state index < -0.39 is 5.72 Å². The summed E-state index contributed by atoms with van der Waals surface area (Å²) < 4.78 is 5.09. The lowest BCUT2D eigenvalue weighted by atomic mass is 10.2. The Morgan fingerprint density at radius 3 is 3.00 bits per heavy atom. The van der Waals surface area contributed by atoms with Gasteiger partial charge in [0.25, 0.3) is 0 Å². The highest BCUT2D eigenvalue weighted by molar-refractivity contribution is 7.99. The van der Waals surface area contributed by atoms with Crippen molar-refractivity contribution < 1.29 is 9.53 Å². The number of methoxy groups -OCH3 is 1. The smallest absolute Gasteiger partial charge is 0.238 e. The van der Waals surface area contributed by atoms with Crippen molar-refractivity contribution in [2.24, 2.45) is 4.99 Å². The minimum atomic E-state index is -0.549. The zero-order chi connectivity index (χ0) is 7.45. The molecule has 0 bridgehead atoms. The van der Waals surface area contributed by atoms with E-state index in [1.54, 1.807) is 18.9 Å². The van der Waals surface area contributed by atoms with Gasteiger partial charge in [-0.2, -0.15) is 16.8 Å². The fourth-order valence-electron chi connectivity index (χ4n) is 0.913. The Balaban J connectivity index is 2.66. The molecule has 4 heteroatoms. The highest BCUT2D eigenvalue weighted by Crippen LogP contribution is 2.31. The molecule has 1 fully saturated rings. The van der Waals surface area contributed by atoms with E-state index in [9.17, 15) is 4.79 Å². The van der Waals surface area contributed by atoms with Crippen molar-refractivity contribution in [3.63, 3.8) is 0 Å². The Morgan fingerprint density at radius 1 is 1.80 bits per heavy atom. The molecule has 1 atom stereocenters. The van der Waals surface area contributed by atoms with Crippen LogP contribution in [0.1, 0.15) is 6.42 Å². The Morgan fingerprint density at radius 2 is 2.60 bits per heavy atom. The molecule has 1 aliphatic rings. The van der Waals surface area contributed by atoms with E-state index in [2.05, 4.69) is 4.99 Å². The van der Waals surface area contributed by atoms with E-state index in [0.717, 1.165) is 17.9 Å². The zero-order valence-corrected chi connectivity index (χ0v) is 6.61. The van der Waals surface area contributed by atoms with Gasteiger partial charge in [-0.25, -0.2) is 4.79 Å². The summed E-state index contributed by atoms with van der Waals surface area (Å²) in [5, 5.41) is 0. The fraction of sp³-hybridized carbons (Fsp3) is 0.833. The number of rotatable bonds is 2. The van der Waals surface area contributed by atoms with Crippen LogP contribution in [-0.4, -0.2) is 30.4 Å². The van der Waals surface area contributed by atoms with E-state index in [0.29, 0.717) is 0 Å². The fourth-order valence-corrected chi connectivity index (χ4v) is 2.17. The first-order valence-corrected chi connectivity index (χ1v) is 4.20. The summed E-state index contributed by atoms with van der Waals surface area (Å²) in [5.41, 5.74) is -0.549. The minimum absolute atomic E-state index is 0.549. The molecule has 3 nitrogen and oxygen atoms in total. The number of carbonyl (C=O) groups excluding carboxylic acids is 1. The summed E-state index contributed by atoms with van der Waals surface area (Å²) in [6, 6.07) is 0. The summed E-state index contributed by atoms with van der Waals surface area (Å²) in [5.74, 6) is 1.79. The normalized spacial score (nSPS) is 31.7. The minimum Gasteiger partial charge on any atom is -0.355 e. The number of ether oxygens (including phenoxy) is 1. The van der Waals surface area contributed by atoms with Gasteiger partial charge in [-0.1, -0.05) is 0 Å². The molecular formula is C6H9NO2S. The van der Waals surface area contributed by atoms with Crippen LogP contribution >= 0.6 is 11.8 Å². The van der Waals surface area contributed by atoms with Crippen LogP contribution in [0.15, 0.2) is 4.99 Å². The predicted octanol–water partition coefficient (Wildman–Crippen LogP) is 0.802. The van der Waals surface area contributed by atoms with Crippen LogP contribution in [0.3, 0.4) is 0 Å². The monoisotopic (exact) mass is 159 g/mol. The van der Waals surface area contributed by atoms with Crippen LogP contribution in [0.25, 0.3) is 0 Å². The van der Waals surface area contributed by atoms with Gasteiger partial charge in [0.15, 0.2) is 5.72 Å². The highest BCUT2D eigenvalue weighted by Gasteiger charge is 2.33. The van der Waals surface area contributed by atoms with Crippen molar-refractivity contribution in [1.82, 2.24) is 0 Å². The average molecular weight is 159 g/mol.